The van der Waals surface area contributed by atoms with Gasteiger partial charge in [0.05, 0.1) is 5.60 Å². The zero-order chi connectivity index (χ0) is 13.8. The summed E-state index contributed by atoms with van der Waals surface area (Å²) in [6.07, 6.45) is 2.91. The lowest BCUT2D eigenvalue weighted by Gasteiger charge is -2.51. The van der Waals surface area contributed by atoms with E-state index in [1.54, 1.807) is 0 Å². The van der Waals surface area contributed by atoms with E-state index in [2.05, 4.69) is 35.6 Å². The third-order valence-corrected chi connectivity index (χ3v) is 8.10. The molecule has 0 aromatic heterocycles. The molecule has 1 aromatic rings. The number of hydrogen-bond acceptors (Lipinski definition) is 2. The number of benzene rings is 1. The first-order valence-electron chi connectivity index (χ1n) is 8.76. The molecule has 1 aromatic carbocycles. The van der Waals surface area contributed by atoms with Crippen LogP contribution in [0.25, 0.3) is 0 Å². The van der Waals surface area contributed by atoms with Crippen LogP contribution in [0.3, 0.4) is 0 Å². The van der Waals surface area contributed by atoms with E-state index in [-0.39, 0.29) is 5.60 Å². The van der Waals surface area contributed by atoms with Gasteiger partial charge in [-0.15, -0.1) is 0 Å². The zero-order valence-electron chi connectivity index (χ0n) is 12.3. The van der Waals surface area contributed by atoms with E-state index in [1.165, 1.54) is 18.4 Å². The van der Waals surface area contributed by atoms with Crippen LogP contribution >= 0.6 is 0 Å². The summed E-state index contributed by atoms with van der Waals surface area (Å²) in [5.41, 5.74) is 0.947. The predicted octanol–water partition coefficient (Wildman–Crippen LogP) is 2.29. The molecule has 0 radical (unpaired) electrons. The van der Waals surface area contributed by atoms with Crippen molar-refractivity contribution in [2.24, 2.45) is 47.3 Å². The van der Waals surface area contributed by atoms with Gasteiger partial charge in [-0.1, -0.05) is 30.3 Å². The second-order valence-corrected chi connectivity index (χ2v) is 8.41. The Kier molecular flexibility index (Phi) is 1.97. The molecule has 0 saturated heterocycles. The van der Waals surface area contributed by atoms with Crippen molar-refractivity contribution in [3.05, 3.63) is 35.9 Å². The number of fused-ring (bicyclic) bond motifs is 2. The first-order valence-corrected chi connectivity index (χ1v) is 8.76. The van der Waals surface area contributed by atoms with Crippen LogP contribution in [-0.4, -0.2) is 17.3 Å². The van der Waals surface area contributed by atoms with Crippen LogP contribution in [-0.2, 0) is 6.54 Å². The van der Waals surface area contributed by atoms with Crippen molar-refractivity contribution in [3.63, 3.8) is 0 Å². The highest BCUT2D eigenvalue weighted by molar-refractivity contribution is 5.32. The van der Waals surface area contributed by atoms with E-state index in [0.29, 0.717) is 11.8 Å². The second-order valence-electron chi connectivity index (χ2n) is 8.41. The lowest BCUT2D eigenvalue weighted by atomic mass is 9.56. The molecule has 2 bridgehead atoms. The summed E-state index contributed by atoms with van der Waals surface area (Å²) in [5.74, 6) is 6.88. The molecule has 6 rings (SSSR count). The number of rotatable bonds is 4. The van der Waals surface area contributed by atoms with Gasteiger partial charge in [0.25, 0.3) is 0 Å². The maximum atomic E-state index is 11.5. The number of nitrogens with one attached hydrogen (secondary N) is 1. The summed E-state index contributed by atoms with van der Waals surface area (Å²) in [6, 6.07) is 10.6. The fourth-order valence-electron chi connectivity index (χ4n) is 7.96. The van der Waals surface area contributed by atoms with Crippen molar-refractivity contribution >= 4 is 0 Å². The molecule has 0 spiro atoms. The third kappa shape index (κ3) is 1.14. The Morgan fingerprint density at radius 3 is 2.57 bits per heavy atom. The highest BCUT2D eigenvalue weighted by Gasteiger charge is 2.84. The lowest BCUT2D eigenvalue weighted by Crippen LogP contribution is -2.58. The van der Waals surface area contributed by atoms with Crippen molar-refractivity contribution in [1.29, 1.82) is 0 Å². The van der Waals surface area contributed by atoms with Gasteiger partial charge in [0.2, 0.25) is 0 Å². The van der Waals surface area contributed by atoms with Crippen LogP contribution in [0.15, 0.2) is 30.3 Å². The van der Waals surface area contributed by atoms with Crippen LogP contribution in [0.4, 0.5) is 0 Å². The molecule has 21 heavy (non-hydrogen) atoms. The predicted molar refractivity (Wildman–Crippen MR) is 80.3 cm³/mol. The molecule has 2 heteroatoms. The summed E-state index contributed by atoms with van der Waals surface area (Å²) in [6.45, 7) is 1.71. The normalized spacial score (nSPS) is 57.2. The molecule has 0 amide bonds. The fraction of sp³-hybridized carbons (Fsp3) is 0.684. The first-order chi connectivity index (χ1) is 10.3. The molecule has 2 N–H and O–H groups in total. The molecule has 9 atom stereocenters. The Bertz CT molecular complexity index is 595. The SMILES string of the molecule is O[C@]1(CNCc2ccccc2)[C@@H]2[C@@H]3C[C@@H]4[C@@H]5[C@H]3C[C@H]2[C@H]5[C@@H]41. The quantitative estimate of drug-likeness (QED) is 0.887. The fourth-order valence-corrected chi connectivity index (χ4v) is 7.96. The largest absolute Gasteiger partial charge is 0.388 e. The topological polar surface area (TPSA) is 32.3 Å². The summed E-state index contributed by atoms with van der Waals surface area (Å²) >= 11 is 0. The summed E-state index contributed by atoms with van der Waals surface area (Å²) in [7, 11) is 0. The molecular formula is C19H23NO. The van der Waals surface area contributed by atoms with Crippen molar-refractivity contribution in [2.75, 3.05) is 6.54 Å². The molecule has 5 saturated carbocycles. The van der Waals surface area contributed by atoms with Crippen molar-refractivity contribution in [2.45, 2.75) is 25.0 Å². The molecule has 0 aliphatic heterocycles. The molecule has 0 heterocycles. The minimum Gasteiger partial charge on any atom is -0.388 e. The van der Waals surface area contributed by atoms with Crippen molar-refractivity contribution < 1.29 is 5.11 Å². The molecular weight excluding hydrogens is 258 g/mol. The highest BCUT2D eigenvalue weighted by atomic mass is 16.3. The van der Waals surface area contributed by atoms with Gasteiger partial charge in [-0.3, -0.25) is 0 Å². The van der Waals surface area contributed by atoms with E-state index < -0.39 is 0 Å². The van der Waals surface area contributed by atoms with Crippen molar-refractivity contribution in [3.8, 4) is 0 Å². The summed E-state index contributed by atoms with van der Waals surface area (Å²) in [4.78, 5) is 0. The smallest absolute Gasteiger partial charge is 0.0838 e. The Labute approximate surface area is 125 Å². The maximum Gasteiger partial charge on any atom is 0.0838 e. The van der Waals surface area contributed by atoms with Crippen LogP contribution in [0.2, 0.25) is 0 Å². The van der Waals surface area contributed by atoms with Gasteiger partial charge in [-0.25, -0.2) is 0 Å². The van der Waals surface area contributed by atoms with E-state index in [9.17, 15) is 5.11 Å². The van der Waals surface area contributed by atoms with Crippen molar-refractivity contribution in [1.82, 2.24) is 5.32 Å². The Morgan fingerprint density at radius 2 is 1.71 bits per heavy atom. The Morgan fingerprint density at radius 1 is 0.952 bits per heavy atom. The lowest BCUT2D eigenvalue weighted by molar-refractivity contribution is -0.128. The minimum atomic E-state index is -0.376. The molecule has 5 fully saturated rings. The van der Waals surface area contributed by atoms with Gasteiger partial charge in [0.1, 0.15) is 0 Å². The van der Waals surface area contributed by atoms with Gasteiger partial charge >= 0.3 is 0 Å². The summed E-state index contributed by atoms with van der Waals surface area (Å²) < 4.78 is 0. The van der Waals surface area contributed by atoms with E-state index in [1.807, 2.05) is 0 Å². The first kappa shape index (κ1) is 11.7. The number of hydrogen-bond donors (Lipinski definition) is 2. The molecule has 5 aliphatic rings. The standard InChI is InChI=1S/C19H23NO/c21-19(9-20-8-10-4-2-1-3-5-10)17-12-7-13-15-11(12)6-14(17)16(15)18(13)19/h1-5,11-18,20-21H,6-9H2/t11-,12+,13+,14-,15-,16+,17+,18+,19+/m0/s1. The maximum absolute atomic E-state index is 11.5. The van der Waals surface area contributed by atoms with Crippen LogP contribution in [0.5, 0.6) is 0 Å². The monoisotopic (exact) mass is 281 g/mol. The summed E-state index contributed by atoms with van der Waals surface area (Å²) in [5, 5.41) is 15.1. The van der Waals surface area contributed by atoms with Gasteiger partial charge in [-0.05, 0) is 65.7 Å². The molecule has 2 nitrogen and oxygen atoms in total. The van der Waals surface area contributed by atoms with Gasteiger partial charge < -0.3 is 10.4 Å². The Hall–Kier alpha value is -0.860. The zero-order valence-corrected chi connectivity index (χ0v) is 12.3. The van der Waals surface area contributed by atoms with Crippen LogP contribution < -0.4 is 5.32 Å². The van der Waals surface area contributed by atoms with Crippen LogP contribution in [0, 0.1) is 47.3 Å². The second kappa shape index (κ2) is 3.55. The molecule has 5 aliphatic carbocycles. The van der Waals surface area contributed by atoms with E-state index in [0.717, 1.165) is 48.6 Å². The van der Waals surface area contributed by atoms with Gasteiger partial charge in [0.15, 0.2) is 0 Å². The molecule has 0 unspecified atom stereocenters. The third-order valence-electron chi connectivity index (χ3n) is 8.10. The average molecular weight is 281 g/mol. The minimum absolute atomic E-state index is 0.376. The van der Waals surface area contributed by atoms with Gasteiger partial charge in [0, 0.05) is 13.1 Å². The van der Waals surface area contributed by atoms with Gasteiger partial charge in [-0.2, -0.15) is 0 Å². The molecule has 110 valence electrons. The average Bonchev–Trinajstić information content (AvgIpc) is 2.99. The van der Waals surface area contributed by atoms with E-state index in [4.69, 9.17) is 0 Å². The highest BCUT2D eigenvalue weighted by Crippen LogP contribution is 2.85. The van der Waals surface area contributed by atoms with Crippen LogP contribution in [0.1, 0.15) is 18.4 Å². The number of aliphatic hydroxyl groups is 1. The van der Waals surface area contributed by atoms with E-state index >= 15 is 0 Å². The Balaban J connectivity index is 1.24.